The molecule has 0 bridgehead atoms. The summed E-state index contributed by atoms with van der Waals surface area (Å²) in [6, 6.07) is 2.89. The Morgan fingerprint density at radius 3 is 1.41 bits per heavy atom. The minimum absolute atomic E-state index is 0.370. The molecule has 0 fully saturated rings. The summed E-state index contributed by atoms with van der Waals surface area (Å²) >= 11 is 0. The molecule has 0 aliphatic heterocycles. The molecule has 1 atom stereocenters. The predicted molar refractivity (Wildman–Crippen MR) is 143 cm³/mol. The molecule has 4 nitrogen and oxygen atoms in total. The van der Waals surface area contributed by atoms with Crippen LogP contribution >= 0.6 is 8.53 Å². The summed E-state index contributed by atoms with van der Waals surface area (Å²) in [5.41, 5.74) is 0. The highest BCUT2D eigenvalue weighted by molar-refractivity contribution is 7.44. The van der Waals surface area contributed by atoms with Gasteiger partial charge < -0.3 is 9.05 Å². The molecule has 5 heteroatoms. The zero-order valence-electron chi connectivity index (χ0n) is 22.8. The maximum atomic E-state index is 8.78. The lowest BCUT2D eigenvalue weighted by Crippen LogP contribution is -2.33. The largest absolute Gasteiger partial charge is 0.322 e. The number of hydrogen-bond acceptors (Lipinski definition) is 4. The Hall–Kier alpha value is -0.200. The van der Waals surface area contributed by atoms with Crippen molar-refractivity contribution in [3.63, 3.8) is 0 Å². The molecule has 0 aromatic carbocycles. The lowest BCUT2D eigenvalue weighted by molar-refractivity contribution is 0.174. The molecule has 192 valence electrons. The number of unbranched alkanes of at least 4 members (excludes halogenated alkanes) is 13. The third-order valence-electron chi connectivity index (χ3n) is 5.36. The second-order valence-electron chi connectivity index (χ2n) is 8.98. The highest BCUT2D eigenvalue weighted by Gasteiger charge is 2.26. The SMILES string of the molecule is CC.CCCCCCCCCCCCCCCCOP(OCCC#N)N(C(C)C)C(C)C. The van der Waals surface area contributed by atoms with Gasteiger partial charge in [0.15, 0.2) is 0 Å². The van der Waals surface area contributed by atoms with E-state index in [9.17, 15) is 0 Å². The number of rotatable bonds is 22. The van der Waals surface area contributed by atoms with Crippen molar-refractivity contribution in [2.24, 2.45) is 0 Å². The summed E-state index contributed by atoms with van der Waals surface area (Å²) < 4.78 is 14.4. The van der Waals surface area contributed by atoms with Crippen molar-refractivity contribution in [1.82, 2.24) is 4.67 Å². The van der Waals surface area contributed by atoms with Gasteiger partial charge in [0.2, 0.25) is 0 Å². The van der Waals surface area contributed by atoms with E-state index in [1.54, 1.807) is 0 Å². The molecule has 32 heavy (non-hydrogen) atoms. The van der Waals surface area contributed by atoms with Gasteiger partial charge in [0.25, 0.3) is 8.53 Å². The fraction of sp³-hybridized carbons (Fsp3) is 0.963. The van der Waals surface area contributed by atoms with Crippen molar-refractivity contribution in [3.8, 4) is 6.07 Å². The fourth-order valence-corrected chi connectivity index (χ4v) is 5.38. The Morgan fingerprint density at radius 2 is 1.03 bits per heavy atom. The van der Waals surface area contributed by atoms with Crippen LogP contribution in [0.1, 0.15) is 145 Å². The van der Waals surface area contributed by atoms with Crippen molar-refractivity contribution in [1.29, 1.82) is 5.26 Å². The second-order valence-corrected chi connectivity index (χ2v) is 10.4. The van der Waals surface area contributed by atoms with Gasteiger partial charge in [0.05, 0.1) is 25.7 Å². The van der Waals surface area contributed by atoms with Crippen molar-refractivity contribution < 1.29 is 9.05 Å². The lowest BCUT2D eigenvalue weighted by atomic mass is 10.0. The Morgan fingerprint density at radius 1 is 0.656 bits per heavy atom. The molecule has 0 N–H and O–H groups in total. The van der Waals surface area contributed by atoms with E-state index in [4.69, 9.17) is 14.3 Å². The van der Waals surface area contributed by atoms with Crippen LogP contribution in [0.3, 0.4) is 0 Å². The first-order valence-corrected chi connectivity index (χ1v) is 14.9. The molecule has 0 saturated carbocycles. The summed E-state index contributed by atoms with van der Waals surface area (Å²) in [6.45, 7) is 16.2. The van der Waals surface area contributed by atoms with Crippen LogP contribution in [0.25, 0.3) is 0 Å². The molecule has 0 saturated heterocycles. The predicted octanol–water partition coefficient (Wildman–Crippen LogP) is 9.79. The molecular weight excluding hydrogens is 415 g/mol. The summed E-state index contributed by atoms with van der Waals surface area (Å²) in [5, 5.41) is 8.78. The summed E-state index contributed by atoms with van der Waals surface area (Å²) in [4.78, 5) is 0. The lowest BCUT2D eigenvalue weighted by Gasteiger charge is -2.35. The summed E-state index contributed by atoms with van der Waals surface area (Å²) in [6.07, 6.45) is 19.6. The first-order chi connectivity index (χ1) is 15.5. The topological polar surface area (TPSA) is 45.5 Å². The molecule has 1 unspecified atom stereocenters. The van der Waals surface area contributed by atoms with Crippen molar-refractivity contribution >= 4 is 8.53 Å². The summed E-state index contributed by atoms with van der Waals surface area (Å²) in [7, 11) is -1.07. The van der Waals surface area contributed by atoms with E-state index >= 15 is 0 Å². The van der Waals surface area contributed by atoms with Gasteiger partial charge in [-0.15, -0.1) is 0 Å². The zero-order chi connectivity index (χ0) is 24.5. The molecular formula is C27H57N2O2P. The van der Waals surface area contributed by atoms with Crippen LogP contribution in [0.2, 0.25) is 0 Å². The molecule has 0 aromatic heterocycles. The molecule has 0 radical (unpaired) electrons. The third kappa shape index (κ3) is 21.6. The van der Waals surface area contributed by atoms with E-state index in [0.717, 1.165) is 13.0 Å². The minimum Gasteiger partial charge on any atom is -0.322 e. The van der Waals surface area contributed by atoms with Crippen molar-refractivity contribution in [2.45, 2.75) is 157 Å². The van der Waals surface area contributed by atoms with Crippen LogP contribution in [0, 0.1) is 11.3 Å². The Bertz CT molecular complexity index is 392. The average Bonchev–Trinajstić information content (AvgIpc) is 2.77. The Labute approximate surface area is 203 Å². The van der Waals surface area contributed by atoms with Gasteiger partial charge in [0.1, 0.15) is 0 Å². The number of nitrogens with zero attached hydrogens (tertiary/aromatic N) is 2. The normalized spacial score (nSPS) is 12.2. The van der Waals surface area contributed by atoms with Crippen LogP contribution < -0.4 is 0 Å². The van der Waals surface area contributed by atoms with Gasteiger partial charge in [-0.1, -0.05) is 104 Å². The fourth-order valence-electron chi connectivity index (χ4n) is 3.75. The van der Waals surface area contributed by atoms with E-state index in [-0.39, 0.29) is 0 Å². The maximum Gasteiger partial charge on any atom is 0.259 e. The minimum atomic E-state index is -1.07. The monoisotopic (exact) mass is 472 g/mol. The van der Waals surface area contributed by atoms with Gasteiger partial charge in [-0.2, -0.15) is 5.26 Å². The van der Waals surface area contributed by atoms with Gasteiger partial charge in [0, 0.05) is 12.1 Å². The van der Waals surface area contributed by atoms with Crippen LogP contribution in [-0.4, -0.2) is 30.0 Å². The molecule has 0 aliphatic rings. The highest BCUT2D eigenvalue weighted by Crippen LogP contribution is 2.46. The smallest absolute Gasteiger partial charge is 0.259 e. The molecule has 0 aromatic rings. The Balaban J connectivity index is 0. The maximum absolute atomic E-state index is 8.78. The van der Waals surface area contributed by atoms with Gasteiger partial charge in [-0.3, -0.25) is 0 Å². The first-order valence-electron chi connectivity index (χ1n) is 13.8. The van der Waals surface area contributed by atoms with Crippen LogP contribution in [0.4, 0.5) is 0 Å². The zero-order valence-corrected chi connectivity index (χ0v) is 23.7. The second kappa shape index (κ2) is 27.0. The van der Waals surface area contributed by atoms with Crippen LogP contribution in [-0.2, 0) is 9.05 Å². The van der Waals surface area contributed by atoms with Crippen molar-refractivity contribution in [3.05, 3.63) is 0 Å². The van der Waals surface area contributed by atoms with E-state index in [2.05, 4.69) is 45.4 Å². The van der Waals surface area contributed by atoms with E-state index < -0.39 is 8.53 Å². The van der Waals surface area contributed by atoms with Gasteiger partial charge >= 0.3 is 0 Å². The number of nitriles is 1. The first kappa shape index (κ1) is 34.0. The van der Waals surface area contributed by atoms with Gasteiger partial charge in [-0.05, 0) is 34.1 Å². The third-order valence-corrected chi connectivity index (χ3v) is 7.47. The van der Waals surface area contributed by atoms with E-state index in [1.807, 2.05) is 13.8 Å². The molecule has 0 heterocycles. The summed E-state index contributed by atoms with van der Waals surface area (Å²) in [5.74, 6) is 0. The highest BCUT2D eigenvalue weighted by atomic mass is 31.2. The molecule has 0 spiro atoms. The van der Waals surface area contributed by atoms with Crippen LogP contribution in [0.15, 0.2) is 0 Å². The molecule has 0 amide bonds. The van der Waals surface area contributed by atoms with E-state index in [1.165, 1.54) is 83.5 Å². The van der Waals surface area contributed by atoms with Crippen LogP contribution in [0.5, 0.6) is 0 Å². The standard InChI is InChI=1S/C25H51N2O2P.C2H6/c1-6-7-8-9-10-11-12-13-14-15-16-17-18-19-22-28-30(29-23-20-21-26)27(24(2)3)25(4)5;1-2/h24-25H,6-20,22-23H2,1-5H3;1-2H3. The van der Waals surface area contributed by atoms with E-state index in [0.29, 0.717) is 25.1 Å². The van der Waals surface area contributed by atoms with Crippen molar-refractivity contribution in [2.75, 3.05) is 13.2 Å². The quantitative estimate of drug-likeness (QED) is 0.116. The van der Waals surface area contributed by atoms with Gasteiger partial charge in [-0.25, -0.2) is 4.67 Å². The number of hydrogen-bond donors (Lipinski definition) is 0. The molecule has 0 rings (SSSR count). The average molecular weight is 473 g/mol. The Kier molecular flexibility index (Phi) is 28.7. The molecule has 0 aliphatic carbocycles.